The number of nitrogens with zero attached hydrogens (tertiary/aromatic N) is 3. The lowest BCUT2D eigenvalue weighted by Gasteiger charge is -2.09. The van der Waals surface area contributed by atoms with E-state index in [2.05, 4.69) is 38.3 Å². The van der Waals surface area contributed by atoms with Gasteiger partial charge in [0.1, 0.15) is 11.4 Å². The molecule has 5 nitrogen and oxygen atoms in total. The summed E-state index contributed by atoms with van der Waals surface area (Å²) in [5.41, 5.74) is 2.32. The Morgan fingerprint density at radius 1 is 1.42 bits per heavy atom. The molecule has 0 aromatic carbocycles. The summed E-state index contributed by atoms with van der Waals surface area (Å²) >= 11 is 3.51. The summed E-state index contributed by atoms with van der Waals surface area (Å²) in [6.07, 6.45) is 4.31. The summed E-state index contributed by atoms with van der Waals surface area (Å²) in [7, 11) is 0. The van der Waals surface area contributed by atoms with E-state index in [9.17, 15) is 4.79 Å². The second kappa shape index (κ2) is 4.77. The Morgan fingerprint density at radius 3 is 2.89 bits per heavy atom. The predicted molar refractivity (Wildman–Crippen MR) is 74.8 cm³/mol. The van der Waals surface area contributed by atoms with Crippen LogP contribution in [0.5, 0.6) is 0 Å². The number of carbonyl (C=O) groups is 1. The third kappa shape index (κ3) is 2.06. The van der Waals surface area contributed by atoms with E-state index in [0.717, 1.165) is 22.2 Å². The monoisotopic (exact) mass is 320 g/mol. The smallest absolute Gasteiger partial charge is 0.270 e. The van der Waals surface area contributed by atoms with Gasteiger partial charge in [-0.05, 0) is 41.4 Å². The summed E-state index contributed by atoms with van der Waals surface area (Å²) in [6.45, 7) is 2.75. The fourth-order valence-corrected chi connectivity index (χ4v) is 2.90. The number of aromatic nitrogens is 3. The molecule has 19 heavy (non-hydrogen) atoms. The predicted octanol–water partition coefficient (Wildman–Crippen LogP) is 2.40. The van der Waals surface area contributed by atoms with Gasteiger partial charge < -0.3 is 5.32 Å². The van der Waals surface area contributed by atoms with Crippen LogP contribution < -0.4 is 5.32 Å². The normalized spacial score (nSPS) is 18.6. The number of rotatable bonds is 1. The van der Waals surface area contributed by atoms with Gasteiger partial charge in [-0.1, -0.05) is 0 Å². The van der Waals surface area contributed by atoms with Gasteiger partial charge in [0.25, 0.3) is 5.91 Å². The van der Waals surface area contributed by atoms with Crippen LogP contribution in [-0.2, 0) is 0 Å². The molecule has 1 atom stereocenters. The number of halogens is 1. The number of fused-ring (bicyclic) bond motifs is 1. The fraction of sp³-hybridized carbons (Fsp3) is 0.308. The van der Waals surface area contributed by atoms with Crippen LogP contribution in [0.2, 0.25) is 0 Å². The van der Waals surface area contributed by atoms with Gasteiger partial charge >= 0.3 is 0 Å². The molecule has 2 aromatic rings. The first kappa shape index (κ1) is 12.3. The van der Waals surface area contributed by atoms with Crippen LogP contribution in [0.4, 0.5) is 0 Å². The van der Waals surface area contributed by atoms with Crippen LogP contribution in [0, 0.1) is 0 Å². The lowest BCUT2D eigenvalue weighted by Crippen LogP contribution is -2.23. The highest BCUT2D eigenvalue weighted by Gasteiger charge is 2.27. The third-order valence-electron chi connectivity index (χ3n) is 3.29. The van der Waals surface area contributed by atoms with Crippen molar-refractivity contribution in [2.45, 2.75) is 19.4 Å². The van der Waals surface area contributed by atoms with Gasteiger partial charge in [-0.3, -0.25) is 14.5 Å². The Balaban J connectivity index is 2.18. The highest BCUT2D eigenvalue weighted by molar-refractivity contribution is 9.10. The quantitative estimate of drug-likeness (QED) is 0.877. The maximum absolute atomic E-state index is 12.1. The molecule has 0 saturated carbocycles. The molecule has 1 unspecified atom stereocenters. The van der Waals surface area contributed by atoms with Gasteiger partial charge in [0.2, 0.25) is 0 Å². The van der Waals surface area contributed by atoms with Crippen molar-refractivity contribution in [1.82, 2.24) is 20.1 Å². The molecule has 0 fully saturated rings. The minimum atomic E-state index is -0.0796. The number of carbonyl (C=O) groups excluding carboxylic acids is 1. The summed E-state index contributed by atoms with van der Waals surface area (Å²) in [6, 6.07) is 3.96. The molecule has 0 bridgehead atoms. The Kier molecular flexibility index (Phi) is 3.10. The van der Waals surface area contributed by atoms with Crippen molar-refractivity contribution >= 4 is 21.8 Å². The number of hydrogen-bond acceptors (Lipinski definition) is 3. The fourth-order valence-electron chi connectivity index (χ4n) is 2.23. The van der Waals surface area contributed by atoms with E-state index in [-0.39, 0.29) is 11.9 Å². The Morgan fingerprint density at radius 2 is 2.16 bits per heavy atom. The number of amides is 1. The number of pyridine rings is 1. The maximum atomic E-state index is 12.1. The van der Waals surface area contributed by atoms with E-state index in [1.54, 1.807) is 12.4 Å². The molecule has 1 amide bonds. The molecule has 0 spiro atoms. The Labute approximate surface area is 119 Å². The molecule has 6 heteroatoms. The maximum Gasteiger partial charge on any atom is 0.270 e. The SMILES string of the molecule is CC1CCNC(=O)c2c(Br)c(-c3ccncc3)nn21. The van der Waals surface area contributed by atoms with E-state index in [0.29, 0.717) is 12.2 Å². The molecule has 1 aliphatic rings. The van der Waals surface area contributed by atoms with Gasteiger partial charge in [-0.15, -0.1) is 0 Å². The van der Waals surface area contributed by atoms with Crippen LogP contribution in [0.15, 0.2) is 29.0 Å². The lowest BCUT2D eigenvalue weighted by atomic mass is 10.2. The molecule has 0 saturated heterocycles. The molecular weight excluding hydrogens is 308 g/mol. The van der Waals surface area contributed by atoms with Crippen molar-refractivity contribution in [3.63, 3.8) is 0 Å². The molecule has 1 N–H and O–H groups in total. The van der Waals surface area contributed by atoms with Gasteiger partial charge in [0.05, 0.1) is 10.5 Å². The molecular formula is C13H13BrN4O. The summed E-state index contributed by atoms with van der Waals surface area (Å²) in [5.74, 6) is -0.0796. The molecule has 3 heterocycles. The zero-order chi connectivity index (χ0) is 13.4. The van der Waals surface area contributed by atoms with Gasteiger partial charge in [-0.2, -0.15) is 5.10 Å². The van der Waals surface area contributed by atoms with Crippen LogP contribution >= 0.6 is 15.9 Å². The van der Waals surface area contributed by atoms with Crippen molar-refractivity contribution < 1.29 is 4.79 Å². The topological polar surface area (TPSA) is 59.8 Å². The zero-order valence-corrected chi connectivity index (χ0v) is 12.0. The van der Waals surface area contributed by atoms with E-state index in [1.807, 2.05) is 16.8 Å². The van der Waals surface area contributed by atoms with E-state index < -0.39 is 0 Å². The first-order valence-corrected chi connectivity index (χ1v) is 6.94. The van der Waals surface area contributed by atoms with E-state index in [1.165, 1.54) is 0 Å². The molecule has 3 rings (SSSR count). The summed E-state index contributed by atoms with van der Waals surface area (Å²) in [5, 5.41) is 7.49. The van der Waals surface area contributed by atoms with Crippen molar-refractivity contribution in [3.8, 4) is 11.3 Å². The van der Waals surface area contributed by atoms with Crippen molar-refractivity contribution in [3.05, 3.63) is 34.7 Å². The second-order valence-electron chi connectivity index (χ2n) is 4.59. The van der Waals surface area contributed by atoms with E-state index >= 15 is 0 Å². The van der Waals surface area contributed by atoms with Crippen LogP contribution in [0.25, 0.3) is 11.3 Å². The summed E-state index contributed by atoms with van der Waals surface area (Å²) < 4.78 is 2.55. The van der Waals surface area contributed by atoms with Crippen LogP contribution in [-0.4, -0.2) is 27.2 Å². The Bertz CT molecular complexity index is 623. The van der Waals surface area contributed by atoms with Crippen molar-refractivity contribution in [1.29, 1.82) is 0 Å². The van der Waals surface area contributed by atoms with Crippen LogP contribution in [0.3, 0.4) is 0 Å². The standard InChI is InChI=1S/C13H13BrN4O/c1-8-2-7-16-13(19)12-10(14)11(17-18(8)12)9-3-5-15-6-4-9/h3-6,8H,2,7H2,1H3,(H,16,19). The number of hydrogen-bond donors (Lipinski definition) is 1. The molecule has 0 aliphatic carbocycles. The van der Waals surface area contributed by atoms with Crippen molar-refractivity contribution in [2.75, 3.05) is 6.54 Å². The van der Waals surface area contributed by atoms with E-state index in [4.69, 9.17) is 0 Å². The average Bonchev–Trinajstić information content (AvgIpc) is 2.70. The van der Waals surface area contributed by atoms with Crippen LogP contribution in [0.1, 0.15) is 29.9 Å². The Hall–Kier alpha value is -1.69. The van der Waals surface area contributed by atoms with Crippen molar-refractivity contribution in [2.24, 2.45) is 0 Å². The molecule has 98 valence electrons. The number of nitrogens with one attached hydrogen (secondary N) is 1. The van der Waals surface area contributed by atoms with Gasteiger partial charge in [-0.25, -0.2) is 0 Å². The second-order valence-corrected chi connectivity index (χ2v) is 5.38. The summed E-state index contributed by atoms with van der Waals surface area (Å²) in [4.78, 5) is 16.1. The van der Waals surface area contributed by atoms with Gasteiger partial charge in [0.15, 0.2) is 0 Å². The minimum absolute atomic E-state index is 0.0796. The highest BCUT2D eigenvalue weighted by atomic mass is 79.9. The molecule has 1 aliphatic heterocycles. The minimum Gasteiger partial charge on any atom is -0.351 e. The highest BCUT2D eigenvalue weighted by Crippen LogP contribution is 2.33. The zero-order valence-electron chi connectivity index (χ0n) is 10.4. The third-order valence-corrected chi connectivity index (χ3v) is 4.04. The molecule has 0 radical (unpaired) electrons. The first-order chi connectivity index (χ1) is 9.18. The lowest BCUT2D eigenvalue weighted by molar-refractivity contribution is 0.0949. The average molecular weight is 321 g/mol. The largest absolute Gasteiger partial charge is 0.351 e. The first-order valence-electron chi connectivity index (χ1n) is 6.15. The molecule has 2 aromatic heterocycles. The van der Waals surface area contributed by atoms with Gasteiger partial charge in [0, 0.05) is 24.5 Å².